The second-order valence-electron chi connectivity index (χ2n) is 4.70. The van der Waals surface area contributed by atoms with Gasteiger partial charge in [-0.25, -0.2) is 17.5 Å². The van der Waals surface area contributed by atoms with Crippen LogP contribution >= 0.6 is 11.6 Å². The highest BCUT2D eigenvalue weighted by Gasteiger charge is 2.42. The van der Waals surface area contributed by atoms with Gasteiger partial charge >= 0.3 is 0 Å². The van der Waals surface area contributed by atoms with Gasteiger partial charge in [0.2, 0.25) is 10.0 Å². The number of sulfonamides is 1. The Morgan fingerprint density at radius 1 is 1.50 bits per heavy atom. The molecule has 7 heteroatoms. The van der Waals surface area contributed by atoms with E-state index in [2.05, 4.69) is 4.72 Å². The summed E-state index contributed by atoms with van der Waals surface area (Å²) in [6.07, 6.45) is 1.45. The maximum absolute atomic E-state index is 13.9. The number of aliphatic hydroxyl groups is 1. The van der Waals surface area contributed by atoms with Crippen molar-refractivity contribution in [2.75, 3.05) is 0 Å². The minimum Gasteiger partial charge on any atom is -0.392 e. The molecule has 4 nitrogen and oxygen atoms in total. The van der Waals surface area contributed by atoms with Crippen LogP contribution in [0.1, 0.15) is 25.3 Å². The Labute approximate surface area is 110 Å². The molecular formula is C11H13ClFNO3S. The summed E-state index contributed by atoms with van der Waals surface area (Å²) < 4.78 is 40.4. The molecule has 1 saturated carbocycles. The van der Waals surface area contributed by atoms with Gasteiger partial charge < -0.3 is 5.11 Å². The van der Waals surface area contributed by atoms with Crippen LogP contribution in [0.2, 0.25) is 5.02 Å². The zero-order valence-corrected chi connectivity index (χ0v) is 11.3. The molecule has 0 saturated heterocycles. The first-order valence-electron chi connectivity index (χ1n) is 5.40. The smallest absolute Gasteiger partial charge is 0.244 e. The summed E-state index contributed by atoms with van der Waals surface area (Å²) in [5.74, 6) is -0.960. The molecule has 2 rings (SSSR count). The summed E-state index contributed by atoms with van der Waals surface area (Å²) in [6.45, 7) is 1.14. The zero-order chi connectivity index (χ0) is 13.6. The van der Waals surface area contributed by atoms with Gasteiger partial charge in [-0.15, -0.1) is 0 Å². The van der Waals surface area contributed by atoms with Crippen molar-refractivity contribution in [3.8, 4) is 0 Å². The fraction of sp³-hybridized carbons (Fsp3) is 0.455. The summed E-state index contributed by atoms with van der Waals surface area (Å²) in [5.41, 5.74) is -0.628. The molecule has 100 valence electrons. The highest BCUT2D eigenvalue weighted by molar-refractivity contribution is 7.89. The predicted molar refractivity (Wildman–Crippen MR) is 65.3 cm³/mol. The van der Waals surface area contributed by atoms with Crippen LogP contribution in [0.25, 0.3) is 0 Å². The Hall–Kier alpha value is -0.690. The molecule has 1 aliphatic rings. The van der Waals surface area contributed by atoms with Crippen LogP contribution in [0.15, 0.2) is 17.0 Å². The molecule has 1 aromatic rings. The first kappa shape index (κ1) is 13.7. The van der Waals surface area contributed by atoms with E-state index in [1.54, 1.807) is 6.92 Å². The quantitative estimate of drug-likeness (QED) is 0.889. The lowest BCUT2D eigenvalue weighted by Gasteiger charge is -2.14. The van der Waals surface area contributed by atoms with E-state index in [0.717, 1.165) is 18.9 Å². The second-order valence-corrected chi connectivity index (χ2v) is 6.79. The Morgan fingerprint density at radius 2 is 2.11 bits per heavy atom. The Bertz CT molecular complexity index is 584. The molecule has 0 atom stereocenters. The maximum Gasteiger partial charge on any atom is 0.244 e. The molecule has 0 aliphatic heterocycles. The molecular weight excluding hydrogens is 281 g/mol. The molecule has 0 heterocycles. The van der Waals surface area contributed by atoms with Gasteiger partial charge in [0, 0.05) is 16.1 Å². The Balaban J connectivity index is 2.46. The van der Waals surface area contributed by atoms with E-state index >= 15 is 0 Å². The van der Waals surface area contributed by atoms with Crippen molar-refractivity contribution in [1.29, 1.82) is 0 Å². The van der Waals surface area contributed by atoms with Gasteiger partial charge in [-0.05, 0) is 31.9 Å². The standard InChI is InChI=1S/C11H13ClFNO3S/c1-11(2-3-11)14-18(16,17)9-5-8(12)4-7(6-15)10(9)13/h4-5,14-15H,2-3,6H2,1H3. The fourth-order valence-corrected chi connectivity index (χ4v) is 3.52. The van der Waals surface area contributed by atoms with Crippen molar-refractivity contribution in [3.63, 3.8) is 0 Å². The number of halogens is 2. The molecule has 0 spiro atoms. The summed E-state index contributed by atoms with van der Waals surface area (Å²) in [7, 11) is -3.96. The summed E-state index contributed by atoms with van der Waals surface area (Å²) in [4.78, 5) is -0.521. The van der Waals surface area contributed by atoms with Gasteiger partial charge in [-0.2, -0.15) is 0 Å². The molecule has 0 radical (unpaired) electrons. The monoisotopic (exact) mass is 293 g/mol. The third kappa shape index (κ3) is 2.66. The van der Waals surface area contributed by atoms with E-state index in [0.29, 0.717) is 0 Å². The lowest BCUT2D eigenvalue weighted by Crippen LogP contribution is -2.34. The van der Waals surface area contributed by atoms with Crippen LogP contribution in [-0.2, 0) is 16.6 Å². The third-order valence-electron chi connectivity index (χ3n) is 2.92. The number of benzene rings is 1. The maximum atomic E-state index is 13.9. The number of rotatable bonds is 4. The molecule has 1 fully saturated rings. The zero-order valence-electron chi connectivity index (χ0n) is 9.70. The molecule has 0 amide bonds. The molecule has 1 aliphatic carbocycles. The van der Waals surface area contributed by atoms with Crippen LogP contribution in [0.5, 0.6) is 0 Å². The SMILES string of the molecule is CC1(NS(=O)(=O)c2cc(Cl)cc(CO)c2F)CC1. The van der Waals surface area contributed by atoms with Crippen molar-refractivity contribution in [2.24, 2.45) is 0 Å². The molecule has 0 unspecified atom stereocenters. The van der Waals surface area contributed by atoms with Crippen molar-refractivity contribution >= 4 is 21.6 Å². The van der Waals surface area contributed by atoms with Crippen molar-refractivity contribution < 1.29 is 17.9 Å². The average Bonchev–Trinajstić information content (AvgIpc) is 2.97. The predicted octanol–water partition coefficient (Wildman–Crippen LogP) is 1.80. The molecule has 2 N–H and O–H groups in total. The third-order valence-corrected chi connectivity index (χ3v) is 4.78. The molecule has 18 heavy (non-hydrogen) atoms. The number of aliphatic hydroxyl groups excluding tert-OH is 1. The first-order valence-corrected chi connectivity index (χ1v) is 7.26. The van der Waals surface area contributed by atoms with E-state index in [1.807, 2.05) is 0 Å². The Morgan fingerprint density at radius 3 is 2.61 bits per heavy atom. The van der Waals surface area contributed by atoms with Crippen LogP contribution in [0.3, 0.4) is 0 Å². The summed E-state index contributed by atoms with van der Waals surface area (Å²) in [6, 6.07) is 2.25. The first-order chi connectivity index (χ1) is 8.27. The van der Waals surface area contributed by atoms with Crippen molar-refractivity contribution in [3.05, 3.63) is 28.5 Å². The van der Waals surface area contributed by atoms with Gasteiger partial charge in [0.1, 0.15) is 10.7 Å². The summed E-state index contributed by atoms with van der Waals surface area (Å²) in [5, 5.41) is 9.04. The van der Waals surface area contributed by atoms with Crippen molar-refractivity contribution in [2.45, 2.75) is 36.8 Å². The topological polar surface area (TPSA) is 66.4 Å². The summed E-state index contributed by atoms with van der Waals surface area (Å²) >= 11 is 5.72. The average molecular weight is 294 g/mol. The fourth-order valence-electron chi connectivity index (χ4n) is 1.60. The van der Waals surface area contributed by atoms with E-state index in [4.69, 9.17) is 16.7 Å². The lowest BCUT2D eigenvalue weighted by molar-refractivity contribution is 0.274. The van der Waals surface area contributed by atoms with Crippen molar-refractivity contribution in [1.82, 2.24) is 4.72 Å². The molecule has 0 aromatic heterocycles. The van der Waals surface area contributed by atoms with Gasteiger partial charge in [-0.3, -0.25) is 0 Å². The van der Waals surface area contributed by atoms with Crippen LogP contribution in [0, 0.1) is 5.82 Å². The Kier molecular flexibility index (Phi) is 3.40. The number of hydrogen-bond donors (Lipinski definition) is 2. The highest BCUT2D eigenvalue weighted by atomic mass is 35.5. The minimum atomic E-state index is -3.96. The number of hydrogen-bond acceptors (Lipinski definition) is 3. The molecule has 0 bridgehead atoms. The van der Waals surface area contributed by atoms with E-state index in [-0.39, 0.29) is 10.6 Å². The number of nitrogens with one attached hydrogen (secondary N) is 1. The highest BCUT2D eigenvalue weighted by Crippen LogP contribution is 2.36. The van der Waals surface area contributed by atoms with E-state index < -0.39 is 32.9 Å². The van der Waals surface area contributed by atoms with Crippen LogP contribution in [-0.4, -0.2) is 19.1 Å². The van der Waals surface area contributed by atoms with Crippen LogP contribution < -0.4 is 4.72 Å². The van der Waals surface area contributed by atoms with E-state index in [9.17, 15) is 12.8 Å². The lowest BCUT2D eigenvalue weighted by atomic mass is 10.2. The van der Waals surface area contributed by atoms with Gasteiger partial charge in [0.15, 0.2) is 0 Å². The van der Waals surface area contributed by atoms with Gasteiger partial charge in [0.05, 0.1) is 6.61 Å². The second kappa shape index (κ2) is 4.45. The van der Waals surface area contributed by atoms with Crippen LogP contribution in [0.4, 0.5) is 4.39 Å². The van der Waals surface area contributed by atoms with E-state index in [1.165, 1.54) is 6.07 Å². The van der Waals surface area contributed by atoms with Gasteiger partial charge in [-0.1, -0.05) is 11.6 Å². The van der Waals surface area contributed by atoms with Gasteiger partial charge in [0.25, 0.3) is 0 Å². The minimum absolute atomic E-state index is 0.0711. The molecule has 1 aromatic carbocycles. The normalized spacial score (nSPS) is 17.8. The largest absolute Gasteiger partial charge is 0.392 e.